The van der Waals surface area contributed by atoms with Gasteiger partial charge in [-0.1, -0.05) is 12.1 Å². The lowest BCUT2D eigenvalue weighted by Crippen LogP contribution is -1.83. The van der Waals surface area contributed by atoms with Crippen LogP contribution < -0.4 is 0 Å². The molecule has 4 aromatic rings. The highest BCUT2D eigenvalue weighted by Crippen LogP contribution is 2.45. The molecule has 4 nitrogen and oxygen atoms in total. The molecule has 0 aliphatic carbocycles. The normalized spacial score (nSPS) is 11.5. The van der Waals surface area contributed by atoms with Crippen molar-refractivity contribution in [1.29, 1.82) is 0 Å². The van der Waals surface area contributed by atoms with Crippen molar-refractivity contribution in [2.75, 3.05) is 0 Å². The van der Waals surface area contributed by atoms with E-state index in [0.29, 0.717) is 0 Å². The smallest absolute Gasteiger partial charge is 0.119 e. The molecule has 0 unspecified atom stereocenters. The first-order valence-electron chi connectivity index (χ1n) is 6.52. The molecule has 0 radical (unpaired) electrons. The lowest BCUT2D eigenvalue weighted by Gasteiger charge is -2.07. The van der Waals surface area contributed by atoms with Crippen LogP contribution in [0.3, 0.4) is 0 Å². The number of hydrogen-bond donors (Lipinski definition) is 0. The molecule has 0 saturated heterocycles. The second-order valence-electron chi connectivity index (χ2n) is 4.85. The van der Waals surface area contributed by atoms with E-state index in [0.717, 1.165) is 22.1 Å². The number of hydrogen-bond acceptors (Lipinski definition) is 8. The highest BCUT2D eigenvalue weighted by atomic mass is 33.1. The van der Waals surface area contributed by atoms with Gasteiger partial charge in [-0.15, -0.1) is 0 Å². The van der Waals surface area contributed by atoms with E-state index in [-0.39, 0.29) is 0 Å². The standard InChI is InChI=1S/C14H10N4S4/c1-7-3-5-9-11(17-21-15-9)13(7)19-20-14-8(2)4-6-10-12(14)18-22-16-10/h3-6H,1-2H3. The predicted molar refractivity (Wildman–Crippen MR) is 96.0 cm³/mol. The van der Waals surface area contributed by atoms with Gasteiger partial charge in [0, 0.05) is 0 Å². The molecule has 0 spiro atoms. The molecule has 0 aliphatic rings. The summed E-state index contributed by atoms with van der Waals surface area (Å²) in [5, 5.41) is 0. The van der Waals surface area contributed by atoms with Gasteiger partial charge in [0.25, 0.3) is 0 Å². The van der Waals surface area contributed by atoms with E-state index in [4.69, 9.17) is 0 Å². The van der Waals surface area contributed by atoms with Crippen LogP contribution in [0.5, 0.6) is 0 Å². The third-order valence-corrected chi connectivity index (χ3v) is 7.15. The van der Waals surface area contributed by atoms with Crippen molar-refractivity contribution in [3.05, 3.63) is 35.4 Å². The van der Waals surface area contributed by atoms with E-state index in [1.54, 1.807) is 21.6 Å². The average molecular weight is 363 g/mol. The van der Waals surface area contributed by atoms with Crippen LogP contribution in [-0.2, 0) is 0 Å². The maximum Gasteiger partial charge on any atom is 0.119 e. The summed E-state index contributed by atoms with van der Waals surface area (Å²) < 4.78 is 17.5. The topological polar surface area (TPSA) is 51.6 Å². The summed E-state index contributed by atoms with van der Waals surface area (Å²) in [4.78, 5) is 2.35. The lowest BCUT2D eigenvalue weighted by atomic mass is 10.2. The maximum atomic E-state index is 4.44. The van der Waals surface area contributed by atoms with Gasteiger partial charge in [0.15, 0.2) is 0 Å². The Kier molecular flexibility index (Phi) is 3.77. The summed E-state index contributed by atoms with van der Waals surface area (Å²) in [6.45, 7) is 4.22. The third-order valence-electron chi connectivity index (χ3n) is 3.37. The Morgan fingerprint density at radius 1 is 0.682 bits per heavy atom. The summed E-state index contributed by atoms with van der Waals surface area (Å²) >= 11 is 2.52. The Morgan fingerprint density at radius 3 is 1.59 bits per heavy atom. The molecule has 110 valence electrons. The van der Waals surface area contributed by atoms with Gasteiger partial charge < -0.3 is 0 Å². The Morgan fingerprint density at radius 2 is 1.14 bits per heavy atom. The monoisotopic (exact) mass is 362 g/mol. The average Bonchev–Trinajstić information content (AvgIpc) is 3.16. The summed E-state index contributed by atoms with van der Waals surface area (Å²) in [6.07, 6.45) is 0. The van der Waals surface area contributed by atoms with Crippen molar-refractivity contribution in [2.45, 2.75) is 23.6 Å². The summed E-state index contributed by atoms with van der Waals surface area (Å²) in [5.41, 5.74) is 6.35. The van der Waals surface area contributed by atoms with Crippen molar-refractivity contribution in [2.24, 2.45) is 0 Å². The zero-order valence-electron chi connectivity index (χ0n) is 11.7. The molecular weight excluding hydrogens is 352 g/mol. The van der Waals surface area contributed by atoms with Gasteiger partial charge in [-0.05, 0) is 58.7 Å². The molecule has 8 heteroatoms. The number of aromatic nitrogens is 4. The lowest BCUT2D eigenvalue weighted by molar-refractivity contribution is 1.33. The minimum atomic E-state index is 0.962. The quantitative estimate of drug-likeness (QED) is 0.472. The van der Waals surface area contributed by atoms with Crippen LogP contribution in [-0.4, -0.2) is 17.5 Å². The number of nitrogens with zero attached hydrogens (tertiary/aromatic N) is 4. The molecule has 0 saturated carbocycles. The first kappa shape index (κ1) is 14.4. The zero-order valence-corrected chi connectivity index (χ0v) is 15.0. The maximum absolute atomic E-state index is 4.44. The number of benzene rings is 2. The fourth-order valence-electron chi connectivity index (χ4n) is 2.15. The van der Waals surface area contributed by atoms with E-state index in [1.165, 1.54) is 44.4 Å². The largest absolute Gasteiger partial charge is 0.173 e. The molecule has 4 rings (SSSR count). The summed E-state index contributed by atoms with van der Waals surface area (Å²) in [5.74, 6) is 0. The molecule has 0 bridgehead atoms. The number of rotatable bonds is 3. The fourth-order valence-corrected chi connectivity index (χ4v) is 6.14. The molecule has 0 N–H and O–H groups in total. The minimum Gasteiger partial charge on any atom is -0.173 e. The van der Waals surface area contributed by atoms with Gasteiger partial charge >= 0.3 is 0 Å². The summed E-state index contributed by atoms with van der Waals surface area (Å²) in [6, 6.07) is 8.26. The van der Waals surface area contributed by atoms with E-state index >= 15 is 0 Å². The Bertz CT molecular complexity index is 895. The third kappa shape index (κ3) is 2.40. The Balaban J connectivity index is 1.74. The van der Waals surface area contributed by atoms with Crippen molar-refractivity contribution < 1.29 is 0 Å². The molecule has 0 amide bonds. The van der Waals surface area contributed by atoms with Crippen LogP contribution in [0.4, 0.5) is 0 Å². The highest BCUT2D eigenvalue weighted by molar-refractivity contribution is 8.76. The van der Waals surface area contributed by atoms with E-state index in [2.05, 4.69) is 43.5 Å². The predicted octanol–water partition coefficient (Wildman–Crippen LogP) is 5.11. The van der Waals surface area contributed by atoms with Crippen LogP contribution in [0.1, 0.15) is 11.1 Å². The van der Waals surface area contributed by atoms with Gasteiger partial charge in [-0.2, -0.15) is 17.5 Å². The van der Waals surface area contributed by atoms with Crippen LogP contribution in [0, 0.1) is 13.8 Å². The summed E-state index contributed by atoms with van der Waals surface area (Å²) in [7, 11) is 3.45. The molecule has 0 atom stereocenters. The zero-order chi connectivity index (χ0) is 15.1. The molecular formula is C14H10N4S4. The molecule has 2 heterocycles. The molecule has 0 fully saturated rings. The van der Waals surface area contributed by atoms with Crippen LogP contribution in [0.2, 0.25) is 0 Å². The SMILES string of the molecule is Cc1ccc2nsnc2c1SSc1c(C)ccc2nsnc12. The first-order valence-corrected chi connectivity index (χ1v) is 10.1. The highest BCUT2D eigenvalue weighted by Gasteiger charge is 2.14. The Hall–Kier alpha value is -1.22. The van der Waals surface area contributed by atoms with Crippen LogP contribution in [0.25, 0.3) is 22.1 Å². The Labute approximate surface area is 143 Å². The molecule has 22 heavy (non-hydrogen) atoms. The van der Waals surface area contributed by atoms with Crippen molar-refractivity contribution in [3.63, 3.8) is 0 Å². The van der Waals surface area contributed by atoms with Gasteiger partial charge in [0.05, 0.1) is 33.2 Å². The van der Waals surface area contributed by atoms with Gasteiger partial charge in [0.2, 0.25) is 0 Å². The van der Waals surface area contributed by atoms with Gasteiger partial charge in [0.1, 0.15) is 22.1 Å². The van der Waals surface area contributed by atoms with Gasteiger partial charge in [-0.25, -0.2) is 0 Å². The second kappa shape index (κ2) is 5.77. The molecule has 2 aromatic heterocycles. The van der Waals surface area contributed by atoms with E-state index in [1.807, 2.05) is 12.1 Å². The number of aryl methyl sites for hydroxylation is 2. The second-order valence-corrected chi connectivity index (χ2v) is 8.06. The van der Waals surface area contributed by atoms with E-state index in [9.17, 15) is 0 Å². The van der Waals surface area contributed by atoms with Crippen molar-refractivity contribution in [1.82, 2.24) is 17.5 Å². The van der Waals surface area contributed by atoms with Crippen molar-refractivity contribution in [3.8, 4) is 0 Å². The van der Waals surface area contributed by atoms with E-state index < -0.39 is 0 Å². The first-order chi connectivity index (χ1) is 10.7. The number of fused-ring (bicyclic) bond motifs is 2. The van der Waals surface area contributed by atoms with Crippen molar-refractivity contribution >= 4 is 67.1 Å². The minimum absolute atomic E-state index is 0.962. The fraction of sp³-hybridized carbons (Fsp3) is 0.143. The van der Waals surface area contributed by atoms with Crippen LogP contribution >= 0.6 is 45.0 Å². The molecule has 2 aromatic carbocycles. The molecule has 0 aliphatic heterocycles. The van der Waals surface area contributed by atoms with Crippen LogP contribution in [0.15, 0.2) is 34.1 Å². The van der Waals surface area contributed by atoms with Gasteiger partial charge in [-0.3, -0.25) is 0 Å².